The fourth-order valence-corrected chi connectivity index (χ4v) is 3.73. The third-order valence-electron chi connectivity index (χ3n) is 5.95. The van der Waals surface area contributed by atoms with E-state index in [1.807, 2.05) is 6.07 Å². The summed E-state index contributed by atoms with van der Waals surface area (Å²) in [6.07, 6.45) is 1.99. The summed E-state index contributed by atoms with van der Waals surface area (Å²) in [5.74, 6) is 1.11. The second-order valence-corrected chi connectivity index (χ2v) is 9.72. The largest absolute Gasteiger partial charge is 0.506 e. The molecular formula is C26H38N4O. The van der Waals surface area contributed by atoms with Crippen LogP contribution in [0.4, 0.5) is 5.69 Å². The molecule has 1 aliphatic rings. The first-order chi connectivity index (χ1) is 14.7. The highest BCUT2D eigenvalue weighted by Gasteiger charge is 2.21. The van der Waals surface area contributed by atoms with Crippen LogP contribution in [0, 0.1) is 0 Å². The summed E-state index contributed by atoms with van der Waals surface area (Å²) in [6.45, 7) is 12.6. The van der Waals surface area contributed by atoms with Gasteiger partial charge in [0.1, 0.15) is 5.75 Å². The van der Waals surface area contributed by atoms with E-state index < -0.39 is 0 Å². The van der Waals surface area contributed by atoms with Crippen molar-refractivity contribution in [1.82, 2.24) is 9.80 Å². The van der Waals surface area contributed by atoms with Gasteiger partial charge in [0.15, 0.2) is 5.96 Å². The van der Waals surface area contributed by atoms with E-state index in [4.69, 9.17) is 4.99 Å². The molecular weight excluding hydrogens is 384 g/mol. The van der Waals surface area contributed by atoms with Crippen LogP contribution in [0.1, 0.15) is 45.2 Å². The number of phenolic OH excluding ortho intramolecular Hbond substituents is 1. The first-order valence-electron chi connectivity index (χ1n) is 11.4. The van der Waals surface area contributed by atoms with Crippen LogP contribution in [0.3, 0.4) is 0 Å². The Hall–Kier alpha value is -2.53. The van der Waals surface area contributed by atoms with Crippen LogP contribution in [0.5, 0.6) is 5.75 Å². The molecule has 0 bridgehead atoms. The zero-order valence-corrected chi connectivity index (χ0v) is 19.7. The van der Waals surface area contributed by atoms with Gasteiger partial charge in [0.25, 0.3) is 0 Å². The summed E-state index contributed by atoms with van der Waals surface area (Å²) in [5, 5.41) is 14.0. The van der Waals surface area contributed by atoms with E-state index in [0.29, 0.717) is 0 Å². The summed E-state index contributed by atoms with van der Waals surface area (Å²) in [6, 6.07) is 16.6. The third kappa shape index (κ3) is 6.73. The number of phenols is 1. The minimum absolute atomic E-state index is 0.0122. The lowest BCUT2D eigenvalue weighted by Gasteiger charge is -2.35. The van der Waals surface area contributed by atoms with Gasteiger partial charge in [-0.3, -0.25) is 0 Å². The monoisotopic (exact) mass is 422 g/mol. The van der Waals surface area contributed by atoms with Gasteiger partial charge in [0.2, 0.25) is 0 Å². The summed E-state index contributed by atoms with van der Waals surface area (Å²) in [7, 11) is 2.16. The van der Waals surface area contributed by atoms with Crippen molar-refractivity contribution in [3.63, 3.8) is 0 Å². The normalized spacial score (nSPS) is 16.9. The van der Waals surface area contributed by atoms with Gasteiger partial charge in [-0.2, -0.15) is 0 Å². The van der Waals surface area contributed by atoms with Gasteiger partial charge in [-0.25, -0.2) is 4.99 Å². The molecule has 1 unspecified atom stereocenters. The molecule has 1 heterocycles. The molecule has 5 nitrogen and oxygen atoms in total. The Morgan fingerprint density at radius 1 is 1.06 bits per heavy atom. The van der Waals surface area contributed by atoms with E-state index in [1.165, 1.54) is 11.1 Å². The Balaban J connectivity index is 1.80. The number of piperazine rings is 1. The topological polar surface area (TPSA) is 51.1 Å². The predicted octanol–water partition coefficient (Wildman–Crippen LogP) is 4.73. The van der Waals surface area contributed by atoms with E-state index in [2.05, 4.69) is 86.3 Å². The number of benzene rings is 2. The van der Waals surface area contributed by atoms with Crippen molar-refractivity contribution in [3.05, 3.63) is 59.7 Å². The molecule has 2 N–H and O–H groups in total. The number of rotatable bonds is 5. The smallest absolute Gasteiger partial charge is 0.198 e. The van der Waals surface area contributed by atoms with Crippen molar-refractivity contribution in [2.24, 2.45) is 4.99 Å². The number of aryl methyl sites for hydroxylation is 1. The number of hydrogen-bond donors (Lipinski definition) is 2. The first-order valence-corrected chi connectivity index (χ1v) is 11.4. The van der Waals surface area contributed by atoms with Gasteiger partial charge in [-0.1, -0.05) is 57.2 Å². The SMILES string of the molecule is CC(CCc1ccccc1)N=C(Nc1cc(C(C)(C)C)ccc1O)N1CCN(C)CC1. The molecule has 0 saturated carbocycles. The zero-order chi connectivity index (χ0) is 22.4. The molecule has 31 heavy (non-hydrogen) atoms. The Morgan fingerprint density at radius 2 is 1.74 bits per heavy atom. The summed E-state index contributed by atoms with van der Waals surface area (Å²) < 4.78 is 0. The zero-order valence-electron chi connectivity index (χ0n) is 19.7. The number of guanidine groups is 1. The van der Waals surface area contributed by atoms with Crippen LogP contribution in [-0.4, -0.2) is 60.1 Å². The van der Waals surface area contributed by atoms with E-state index in [1.54, 1.807) is 6.07 Å². The minimum Gasteiger partial charge on any atom is -0.506 e. The number of aromatic hydroxyl groups is 1. The minimum atomic E-state index is 0.0122. The molecule has 2 aromatic carbocycles. The average Bonchev–Trinajstić information content (AvgIpc) is 2.74. The summed E-state index contributed by atoms with van der Waals surface area (Å²) in [4.78, 5) is 9.72. The van der Waals surface area contributed by atoms with E-state index >= 15 is 0 Å². The molecule has 5 heteroatoms. The van der Waals surface area contributed by atoms with Gasteiger partial charge in [-0.15, -0.1) is 0 Å². The molecule has 0 radical (unpaired) electrons. The molecule has 1 atom stereocenters. The fraction of sp³-hybridized carbons (Fsp3) is 0.500. The molecule has 0 aliphatic carbocycles. The lowest BCUT2D eigenvalue weighted by molar-refractivity contribution is 0.214. The van der Waals surface area contributed by atoms with E-state index in [-0.39, 0.29) is 17.2 Å². The highest BCUT2D eigenvalue weighted by atomic mass is 16.3. The van der Waals surface area contributed by atoms with Gasteiger partial charge in [0.05, 0.1) is 11.7 Å². The Labute approximate surface area is 187 Å². The van der Waals surface area contributed by atoms with Crippen LogP contribution in [0.25, 0.3) is 0 Å². The van der Waals surface area contributed by atoms with Crippen LogP contribution < -0.4 is 5.32 Å². The highest BCUT2D eigenvalue weighted by molar-refractivity contribution is 5.95. The van der Waals surface area contributed by atoms with Crippen LogP contribution >= 0.6 is 0 Å². The van der Waals surface area contributed by atoms with Crippen molar-refractivity contribution in [2.75, 3.05) is 38.5 Å². The van der Waals surface area contributed by atoms with Crippen molar-refractivity contribution >= 4 is 11.6 Å². The summed E-state index contributed by atoms with van der Waals surface area (Å²) >= 11 is 0. The fourth-order valence-electron chi connectivity index (χ4n) is 3.73. The van der Waals surface area contributed by atoms with E-state index in [9.17, 15) is 5.11 Å². The number of nitrogens with zero attached hydrogens (tertiary/aromatic N) is 3. The molecule has 1 fully saturated rings. The Morgan fingerprint density at radius 3 is 2.39 bits per heavy atom. The number of hydrogen-bond acceptors (Lipinski definition) is 3. The maximum absolute atomic E-state index is 10.5. The number of aliphatic imine (C=N–C) groups is 1. The third-order valence-corrected chi connectivity index (χ3v) is 5.95. The maximum Gasteiger partial charge on any atom is 0.198 e. The highest BCUT2D eigenvalue weighted by Crippen LogP contribution is 2.31. The predicted molar refractivity (Wildman–Crippen MR) is 131 cm³/mol. The van der Waals surface area contributed by atoms with Crippen LogP contribution in [0.2, 0.25) is 0 Å². The van der Waals surface area contributed by atoms with Gasteiger partial charge in [0, 0.05) is 26.2 Å². The summed E-state index contributed by atoms with van der Waals surface area (Å²) in [5.41, 5.74) is 3.26. The second-order valence-electron chi connectivity index (χ2n) is 9.72. The first kappa shape index (κ1) is 23.1. The molecule has 0 amide bonds. The lowest BCUT2D eigenvalue weighted by atomic mass is 9.87. The average molecular weight is 423 g/mol. The molecule has 0 spiro atoms. The van der Waals surface area contributed by atoms with Gasteiger partial charge >= 0.3 is 0 Å². The number of likely N-dealkylation sites (N-methyl/N-ethyl adjacent to an activating group) is 1. The van der Waals surface area contributed by atoms with E-state index in [0.717, 1.165) is 50.7 Å². The van der Waals surface area contributed by atoms with Crippen molar-refractivity contribution in [3.8, 4) is 5.75 Å². The molecule has 1 saturated heterocycles. The van der Waals surface area contributed by atoms with Crippen LogP contribution in [-0.2, 0) is 11.8 Å². The number of nitrogens with one attached hydrogen (secondary N) is 1. The number of anilines is 1. The van der Waals surface area contributed by atoms with Crippen LogP contribution in [0.15, 0.2) is 53.5 Å². The van der Waals surface area contributed by atoms with Crippen molar-refractivity contribution in [2.45, 2.75) is 52.0 Å². The maximum atomic E-state index is 10.5. The standard InChI is InChI=1S/C26H38N4O/c1-20(11-12-21-9-7-6-8-10-21)27-25(30-17-15-29(5)16-18-30)28-23-19-22(26(2,3)4)13-14-24(23)31/h6-10,13-14,19-20,31H,11-12,15-18H2,1-5H3,(H,27,28). The van der Waals surface area contributed by atoms with Crippen molar-refractivity contribution < 1.29 is 5.11 Å². The molecule has 1 aliphatic heterocycles. The molecule has 0 aromatic heterocycles. The Kier molecular flexibility index (Phi) is 7.60. The van der Waals surface area contributed by atoms with Gasteiger partial charge < -0.3 is 20.2 Å². The van der Waals surface area contributed by atoms with Crippen molar-refractivity contribution in [1.29, 1.82) is 0 Å². The molecule has 2 aromatic rings. The molecule has 168 valence electrons. The quantitative estimate of drug-likeness (QED) is 0.416. The Bertz CT molecular complexity index is 865. The second kappa shape index (κ2) is 10.2. The lowest BCUT2D eigenvalue weighted by Crippen LogP contribution is -2.49. The van der Waals surface area contributed by atoms with Gasteiger partial charge in [-0.05, 0) is 55.5 Å². The molecule has 3 rings (SSSR count).